The summed E-state index contributed by atoms with van der Waals surface area (Å²) in [6, 6.07) is 5.55. The van der Waals surface area contributed by atoms with Crippen LogP contribution in [-0.4, -0.2) is 43.3 Å². The van der Waals surface area contributed by atoms with E-state index in [0.717, 1.165) is 25.0 Å². The first kappa shape index (κ1) is 24.9. The summed E-state index contributed by atoms with van der Waals surface area (Å²) in [5, 5.41) is 17.1. The monoisotopic (exact) mass is 480 g/mol. The third kappa shape index (κ3) is 7.99. The van der Waals surface area contributed by atoms with Crippen molar-refractivity contribution in [1.29, 1.82) is 5.26 Å². The third-order valence-electron chi connectivity index (χ3n) is 5.11. The number of allylic oxidation sites excluding steroid dienone is 1. The number of alkyl halides is 3. The number of ether oxygens (including phenoxy) is 2. The minimum absolute atomic E-state index is 0.0267. The van der Waals surface area contributed by atoms with E-state index in [2.05, 4.69) is 20.7 Å². The molecule has 1 aromatic carbocycles. The molecule has 34 heavy (non-hydrogen) atoms. The molecule has 12 heteroatoms. The van der Waals surface area contributed by atoms with Crippen molar-refractivity contribution in [3.8, 4) is 17.6 Å². The Labute approximate surface area is 193 Å². The Morgan fingerprint density at radius 3 is 2.44 bits per heavy atom. The van der Waals surface area contributed by atoms with Crippen molar-refractivity contribution in [3.63, 3.8) is 0 Å². The fourth-order valence-corrected chi connectivity index (χ4v) is 3.28. The van der Waals surface area contributed by atoms with Gasteiger partial charge in [-0.3, -0.25) is 14.4 Å². The zero-order chi connectivity index (χ0) is 24.7. The lowest BCUT2D eigenvalue weighted by Crippen LogP contribution is -2.42. The number of nitrogens with zero attached hydrogens (tertiary/aromatic N) is 1. The van der Waals surface area contributed by atoms with E-state index in [9.17, 15) is 32.8 Å². The highest BCUT2D eigenvalue weighted by atomic mass is 19.4. The molecule has 2 fully saturated rings. The van der Waals surface area contributed by atoms with Gasteiger partial charge in [0.2, 0.25) is 5.91 Å². The lowest BCUT2D eigenvalue weighted by molar-refractivity contribution is -0.274. The van der Waals surface area contributed by atoms with Crippen molar-refractivity contribution < 1.29 is 37.0 Å². The molecular weight excluding hydrogens is 457 g/mol. The van der Waals surface area contributed by atoms with Crippen LogP contribution in [0.5, 0.6) is 11.5 Å². The Hall–Kier alpha value is -3.75. The average molecular weight is 480 g/mol. The number of nitriles is 1. The van der Waals surface area contributed by atoms with Crippen LogP contribution in [-0.2, 0) is 14.4 Å². The number of hydrogen-bond donors (Lipinski definition) is 3. The zero-order valence-corrected chi connectivity index (χ0v) is 18.0. The first-order valence-corrected chi connectivity index (χ1v) is 10.6. The molecule has 3 N–H and O–H groups in total. The summed E-state index contributed by atoms with van der Waals surface area (Å²) in [5.74, 6) is -2.02. The maximum atomic E-state index is 12.7. The van der Waals surface area contributed by atoms with E-state index < -0.39 is 36.6 Å². The van der Waals surface area contributed by atoms with Gasteiger partial charge < -0.3 is 25.4 Å². The molecule has 1 heterocycles. The summed E-state index contributed by atoms with van der Waals surface area (Å²) in [6.07, 6.45) is -0.752. The van der Waals surface area contributed by atoms with E-state index >= 15 is 0 Å². The molecule has 182 valence electrons. The molecule has 3 rings (SSSR count). The standard InChI is InChI=1S/C22H23F3N4O5/c23-22(24,25)34-17-5-3-16(4-6-17)33-12-19(30)29-18(9-13-1-2-13)21(32)28-15(11-26)10-14-7-8-27-20(14)31/h3-6,9,13-15H,1-2,7-8,10,12H2,(H,27,31)(H,28,32)(H,29,30)/b18-9-/t14-,15-/m0/s1. The number of halogens is 3. The smallest absolute Gasteiger partial charge is 0.484 e. The second-order valence-corrected chi connectivity index (χ2v) is 7.94. The SMILES string of the molecule is N#C[C@H](C[C@@H]1CCNC1=O)NC(=O)/C(=C/C1CC1)NC(=O)COc1ccc(OC(F)(F)F)cc1. The predicted molar refractivity (Wildman–Crippen MR) is 111 cm³/mol. The van der Waals surface area contributed by atoms with Crippen LogP contribution in [0.4, 0.5) is 13.2 Å². The largest absolute Gasteiger partial charge is 0.573 e. The van der Waals surface area contributed by atoms with Crippen molar-refractivity contribution in [3.05, 3.63) is 36.0 Å². The molecule has 2 atom stereocenters. The van der Waals surface area contributed by atoms with Crippen molar-refractivity contribution in [1.82, 2.24) is 16.0 Å². The van der Waals surface area contributed by atoms with Crippen LogP contribution in [0.2, 0.25) is 0 Å². The number of rotatable bonds is 10. The summed E-state index contributed by atoms with van der Waals surface area (Å²) in [5.41, 5.74) is -0.0267. The minimum atomic E-state index is -4.82. The Bertz CT molecular complexity index is 984. The molecule has 0 radical (unpaired) electrons. The zero-order valence-electron chi connectivity index (χ0n) is 18.0. The van der Waals surface area contributed by atoms with E-state index in [4.69, 9.17) is 4.74 Å². The van der Waals surface area contributed by atoms with Crippen molar-refractivity contribution >= 4 is 17.7 Å². The summed E-state index contributed by atoms with van der Waals surface area (Å²) >= 11 is 0. The molecule has 1 aliphatic heterocycles. The second kappa shape index (κ2) is 10.9. The molecule has 1 aromatic rings. The molecule has 2 aliphatic rings. The molecule has 0 bridgehead atoms. The topological polar surface area (TPSA) is 130 Å². The highest BCUT2D eigenvalue weighted by molar-refractivity contribution is 5.98. The van der Waals surface area contributed by atoms with E-state index in [1.165, 1.54) is 12.1 Å². The van der Waals surface area contributed by atoms with Crippen LogP contribution in [0.25, 0.3) is 0 Å². The number of carbonyl (C=O) groups is 3. The van der Waals surface area contributed by atoms with Crippen LogP contribution < -0.4 is 25.4 Å². The van der Waals surface area contributed by atoms with Gasteiger partial charge in [0.25, 0.3) is 11.8 Å². The summed E-state index contributed by atoms with van der Waals surface area (Å²) < 4.78 is 45.7. The Balaban J connectivity index is 1.53. The van der Waals surface area contributed by atoms with Gasteiger partial charge in [-0.1, -0.05) is 6.08 Å². The lowest BCUT2D eigenvalue weighted by Gasteiger charge is -2.16. The minimum Gasteiger partial charge on any atom is -0.484 e. The van der Waals surface area contributed by atoms with Crippen LogP contribution >= 0.6 is 0 Å². The van der Waals surface area contributed by atoms with Crippen molar-refractivity contribution in [2.75, 3.05) is 13.2 Å². The van der Waals surface area contributed by atoms with Crippen LogP contribution in [0.3, 0.4) is 0 Å². The Morgan fingerprint density at radius 2 is 1.88 bits per heavy atom. The van der Waals surface area contributed by atoms with E-state index in [0.29, 0.717) is 13.0 Å². The quantitative estimate of drug-likeness (QED) is 0.439. The van der Waals surface area contributed by atoms with Gasteiger partial charge in [-0.15, -0.1) is 13.2 Å². The van der Waals surface area contributed by atoms with E-state index in [-0.39, 0.29) is 35.6 Å². The van der Waals surface area contributed by atoms with Gasteiger partial charge in [-0.05, 0) is 55.9 Å². The van der Waals surface area contributed by atoms with Crippen LogP contribution in [0.15, 0.2) is 36.0 Å². The third-order valence-corrected chi connectivity index (χ3v) is 5.11. The molecule has 1 saturated heterocycles. The summed E-state index contributed by atoms with van der Waals surface area (Å²) in [7, 11) is 0. The number of amides is 3. The molecule has 9 nitrogen and oxygen atoms in total. The molecule has 0 spiro atoms. The number of benzene rings is 1. The van der Waals surface area contributed by atoms with Crippen LogP contribution in [0.1, 0.15) is 25.7 Å². The van der Waals surface area contributed by atoms with Gasteiger partial charge in [0.15, 0.2) is 6.61 Å². The lowest BCUT2D eigenvalue weighted by atomic mass is 9.99. The molecule has 3 amide bonds. The van der Waals surface area contributed by atoms with Gasteiger partial charge in [0.1, 0.15) is 23.2 Å². The normalized spacial score (nSPS) is 18.9. The summed E-state index contributed by atoms with van der Waals surface area (Å²) in [4.78, 5) is 36.8. The van der Waals surface area contributed by atoms with Gasteiger partial charge in [-0.2, -0.15) is 5.26 Å². The highest BCUT2D eigenvalue weighted by Crippen LogP contribution is 2.31. The number of hydrogen-bond acceptors (Lipinski definition) is 6. The molecule has 1 saturated carbocycles. The van der Waals surface area contributed by atoms with Gasteiger partial charge in [-0.25, -0.2) is 0 Å². The van der Waals surface area contributed by atoms with E-state index in [1.54, 1.807) is 6.08 Å². The molecule has 0 aromatic heterocycles. The molecule has 0 unspecified atom stereocenters. The van der Waals surface area contributed by atoms with Gasteiger partial charge in [0, 0.05) is 12.5 Å². The maximum Gasteiger partial charge on any atom is 0.573 e. The van der Waals surface area contributed by atoms with E-state index in [1.807, 2.05) is 6.07 Å². The van der Waals surface area contributed by atoms with Crippen LogP contribution in [0, 0.1) is 23.2 Å². The van der Waals surface area contributed by atoms with Gasteiger partial charge in [0.05, 0.1) is 6.07 Å². The fourth-order valence-electron chi connectivity index (χ4n) is 3.28. The first-order chi connectivity index (χ1) is 16.1. The maximum absolute atomic E-state index is 12.7. The Morgan fingerprint density at radius 1 is 1.21 bits per heavy atom. The molecule has 1 aliphatic carbocycles. The van der Waals surface area contributed by atoms with Crippen molar-refractivity contribution in [2.45, 2.75) is 38.1 Å². The predicted octanol–water partition coefficient (Wildman–Crippen LogP) is 1.91. The average Bonchev–Trinajstić information content (AvgIpc) is 3.51. The second-order valence-electron chi connectivity index (χ2n) is 7.94. The Kier molecular flexibility index (Phi) is 7.99. The fraction of sp³-hybridized carbons (Fsp3) is 0.455. The molecular formula is C22H23F3N4O5. The number of carbonyl (C=O) groups excluding carboxylic acids is 3. The summed E-state index contributed by atoms with van der Waals surface area (Å²) in [6.45, 7) is 0.0231. The van der Waals surface area contributed by atoms with Gasteiger partial charge >= 0.3 is 6.36 Å². The highest BCUT2D eigenvalue weighted by Gasteiger charge is 2.31. The number of nitrogens with one attached hydrogen (secondary N) is 3. The first-order valence-electron chi connectivity index (χ1n) is 10.6. The van der Waals surface area contributed by atoms with Crippen molar-refractivity contribution in [2.24, 2.45) is 11.8 Å².